The lowest BCUT2D eigenvalue weighted by molar-refractivity contribution is 0.410. The molecular formula is C16H12ClN3O. The van der Waals surface area contributed by atoms with Gasteiger partial charge in [-0.2, -0.15) is 10.5 Å². The highest BCUT2D eigenvalue weighted by Crippen LogP contribution is 2.25. The minimum Gasteiger partial charge on any atom is -0.496 e. The highest BCUT2D eigenvalue weighted by Gasteiger charge is 2.07. The van der Waals surface area contributed by atoms with E-state index >= 15 is 0 Å². The highest BCUT2D eigenvalue weighted by molar-refractivity contribution is 6.33. The number of hydrogen-bond donors (Lipinski definition) is 1. The first kappa shape index (κ1) is 14.7. The van der Waals surface area contributed by atoms with E-state index in [-0.39, 0.29) is 0 Å². The topological polar surface area (TPSA) is 68.8 Å². The molecule has 0 aromatic heterocycles. The summed E-state index contributed by atoms with van der Waals surface area (Å²) in [6.07, 6.45) is 0. The summed E-state index contributed by atoms with van der Waals surface area (Å²) >= 11 is 6.10. The van der Waals surface area contributed by atoms with E-state index in [0.717, 1.165) is 5.56 Å². The second-order valence-corrected chi connectivity index (χ2v) is 4.71. The maximum Gasteiger partial charge on any atom is 0.123 e. The molecule has 4 nitrogen and oxygen atoms in total. The first-order chi connectivity index (χ1) is 10.2. The number of nitriles is 2. The van der Waals surface area contributed by atoms with Crippen LogP contribution in [0.1, 0.15) is 16.7 Å². The number of anilines is 1. The molecule has 0 atom stereocenters. The summed E-state index contributed by atoms with van der Waals surface area (Å²) in [5, 5.41) is 21.6. The van der Waals surface area contributed by atoms with Crippen LogP contribution in [-0.4, -0.2) is 7.11 Å². The first-order valence-electron chi connectivity index (χ1n) is 6.18. The number of nitrogens with zero attached hydrogens (tertiary/aromatic N) is 2. The average molecular weight is 298 g/mol. The molecule has 2 aromatic rings. The van der Waals surface area contributed by atoms with Crippen LogP contribution in [-0.2, 0) is 6.54 Å². The molecule has 0 spiro atoms. The highest BCUT2D eigenvalue weighted by atomic mass is 35.5. The Bertz CT molecular complexity index is 744. The Morgan fingerprint density at radius 2 is 1.76 bits per heavy atom. The molecule has 1 N–H and O–H groups in total. The Balaban J connectivity index is 2.24. The van der Waals surface area contributed by atoms with Gasteiger partial charge < -0.3 is 10.1 Å². The van der Waals surface area contributed by atoms with Crippen LogP contribution >= 0.6 is 11.6 Å². The van der Waals surface area contributed by atoms with Crippen molar-refractivity contribution in [3.63, 3.8) is 0 Å². The summed E-state index contributed by atoms with van der Waals surface area (Å²) in [6.45, 7) is 0.438. The van der Waals surface area contributed by atoms with E-state index in [1.807, 2.05) is 0 Å². The van der Waals surface area contributed by atoms with Gasteiger partial charge in [0.25, 0.3) is 0 Å². The minimum atomic E-state index is 0.438. The largest absolute Gasteiger partial charge is 0.496 e. The van der Waals surface area contributed by atoms with Crippen LogP contribution in [0.25, 0.3) is 0 Å². The molecule has 5 heteroatoms. The van der Waals surface area contributed by atoms with Crippen molar-refractivity contribution < 1.29 is 4.74 Å². The maximum absolute atomic E-state index is 8.95. The van der Waals surface area contributed by atoms with Crippen LogP contribution < -0.4 is 10.1 Å². The van der Waals surface area contributed by atoms with Gasteiger partial charge in [0, 0.05) is 12.1 Å². The molecule has 0 fully saturated rings. The van der Waals surface area contributed by atoms with Crippen LogP contribution in [0.2, 0.25) is 5.02 Å². The number of benzene rings is 2. The van der Waals surface area contributed by atoms with Gasteiger partial charge in [0.1, 0.15) is 5.75 Å². The SMILES string of the molecule is COc1ccc(C#N)cc1CNc1cc(C#N)ccc1Cl. The molecule has 0 bridgehead atoms. The Morgan fingerprint density at radius 3 is 2.43 bits per heavy atom. The van der Waals surface area contributed by atoms with Gasteiger partial charge in [-0.15, -0.1) is 0 Å². The van der Waals surface area contributed by atoms with Gasteiger partial charge in [-0.05, 0) is 36.4 Å². The normalized spacial score (nSPS) is 9.52. The van der Waals surface area contributed by atoms with Crippen LogP contribution in [0.4, 0.5) is 5.69 Å². The second-order valence-electron chi connectivity index (χ2n) is 4.30. The van der Waals surface area contributed by atoms with Gasteiger partial charge >= 0.3 is 0 Å². The fourth-order valence-corrected chi connectivity index (χ4v) is 2.09. The standard InChI is InChI=1S/C16H12ClN3O/c1-21-16-5-3-11(8-18)6-13(16)10-20-15-7-12(9-19)2-4-14(15)17/h2-7,20H,10H2,1H3. The molecule has 0 radical (unpaired) electrons. The van der Waals surface area contributed by atoms with Crippen molar-refractivity contribution in [3.05, 3.63) is 58.1 Å². The van der Waals surface area contributed by atoms with Crippen molar-refractivity contribution in [1.82, 2.24) is 0 Å². The van der Waals surface area contributed by atoms with E-state index in [1.54, 1.807) is 43.5 Å². The Kier molecular flexibility index (Phi) is 4.66. The van der Waals surface area contributed by atoms with Gasteiger partial charge in [0.15, 0.2) is 0 Å². The summed E-state index contributed by atoms with van der Waals surface area (Å²) < 4.78 is 5.27. The zero-order valence-electron chi connectivity index (χ0n) is 11.4. The van der Waals surface area contributed by atoms with Gasteiger partial charge in [0.05, 0.1) is 41.1 Å². The number of halogens is 1. The summed E-state index contributed by atoms with van der Waals surface area (Å²) in [5.41, 5.74) is 2.60. The fourth-order valence-electron chi connectivity index (χ4n) is 1.91. The molecule has 0 saturated carbocycles. The van der Waals surface area contributed by atoms with Gasteiger partial charge in [0.2, 0.25) is 0 Å². The van der Waals surface area contributed by atoms with Gasteiger partial charge in [-0.3, -0.25) is 0 Å². The summed E-state index contributed by atoms with van der Waals surface area (Å²) in [5.74, 6) is 0.689. The third-order valence-electron chi connectivity index (χ3n) is 2.97. The lowest BCUT2D eigenvalue weighted by Crippen LogP contribution is -2.03. The number of rotatable bonds is 4. The molecular weight excluding hydrogens is 286 g/mol. The van der Waals surface area contributed by atoms with Gasteiger partial charge in [-0.25, -0.2) is 0 Å². The van der Waals surface area contributed by atoms with Crippen LogP contribution in [0, 0.1) is 22.7 Å². The van der Waals surface area contributed by atoms with Crippen molar-refractivity contribution in [3.8, 4) is 17.9 Å². The minimum absolute atomic E-state index is 0.438. The molecule has 2 aromatic carbocycles. The molecule has 0 unspecified atom stereocenters. The van der Waals surface area contributed by atoms with E-state index in [0.29, 0.717) is 34.1 Å². The number of methoxy groups -OCH3 is 1. The van der Waals surface area contributed by atoms with Crippen molar-refractivity contribution in [1.29, 1.82) is 10.5 Å². The van der Waals surface area contributed by atoms with E-state index in [4.69, 9.17) is 26.9 Å². The van der Waals surface area contributed by atoms with Crippen molar-refractivity contribution in [2.24, 2.45) is 0 Å². The zero-order valence-corrected chi connectivity index (χ0v) is 12.1. The van der Waals surface area contributed by atoms with Crippen LogP contribution in [0.5, 0.6) is 5.75 Å². The Morgan fingerprint density at radius 1 is 1.10 bits per heavy atom. The van der Waals surface area contributed by atoms with Crippen LogP contribution in [0.15, 0.2) is 36.4 Å². The number of hydrogen-bond acceptors (Lipinski definition) is 4. The van der Waals surface area contributed by atoms with E-state index in [1.165, 1.54) is 0 Å². The zero-order chi connectivity index (χ0) is 15.2. The lowest BCUT2D eigenvalue weighted by atomic mass is 10.1. The maximum atomic E-state index is 8.95. The molecule has 104 valence electrons. The molecule has 0 aliphatic carbocycles. The van der Waals surface area contributed by atoms with E-state index in [9.17, 15) is 0 Å². The van der Waals surface area contributed by atoms with E-state index < -0.39 is 0 Å². The number of nitrogens with one attached hydrogen (secondary N) is 1. The Hall–Kier alpha value is -2.69. The molecule has 0 amide bonds. The predicted molar refractivity (Wildman–Crippen MR) is 81.2 cm³/mol. The third kappa shape index (κ3) is 3.45. The molecule has 0 aliphatic rings. The molecule has 0 aliphatic heterocycles. The second kappa shape index (κ2) is 6.65. The quantitative estimate of drug-likeness (QED) is 0.934. The monoisotopic (exact) mass is 297 g/mol. The van der Waals surface area contributed by atoms with Gasteiger partial charge in [-0.1, -0.05) is 11.6 Å². The summed E-state index contributed by atoms with van der Waals surface area (Å²) in [6, 6.07) is 14.4. The predicted octanol–water partition coefficient (Wildman–Crippen LogP) is 3.70. The fraction of sp³-hybridized carbons (Fsp3) is 0.125. The molecule has 0 heterocycles. The Labute approximate surface area is 128 Å². The molecule has 0 saturated heterocycles. The smallest absolute Gasteiger partial charge is 0.123 e. The number of ether oxygens (including phenoxy) is 1. The first-order valence-corrected chi connectivity index (χ1v) is 6.56. The lowest BCUT2D eigenvalue weighted by Gasteiger charge is -2.12. The molecule has 2 rings (SSSR count). The summed E-state index contributed by atoms with van der Waals surface area (Å²) in [7, 11) is 1.58. The molecule has 21 heavy (non-hydrogen) atoms. The van der Waals surface area contributed by atoms with Crippen molar-refractivity contribution in [2.45, 2.75) is 6.54 Å². The summed E-state index contributed by atoms with van der Waals surface area (Å²) in [4.78, 5) is 0. The van der Waals surface area contributed by atoms with Crippen molar-refractivity contribution in [2.75, 3.05) is 12.4 Å². The van der Waals surface area contributed by atoms with Crippen LogP contribution in [0.3, 0.4) is 0 Å². The van der Waals surface area contributed by atoms with E-state index in [2.05, 4.69) is 17.5 Å². The average Bonchev–Trinajstić information content (AvgIpc) is 2.53. The third-order valence-corrected chi connectivity index (χ3v) is 3.30. The van der Waals surface area contributed by atoms with Crippen molar-refractivity contribution >= 4 is 17.3 Å².